The number of esters is 1. The van der Waals surface area contributed by atoms with Crippen LogP contribution in [0.15, 0.2) is 53.9 Å². The second kappa shape index (κ2) is 6.94. The molecule has 1 aromatic heterocycles. The van der Waals surface area contributed by atoms with Gasteiger partial charge < -0.3 is 10.1 Å². The average molecular weight is 335 g/mol. The van der Waals surface area contributed by atoms with Crippen LogP contribution < -0.4 is 5.32 Å². The Balaban J connectivity index is 1.82. The zero-order chi connectivity index (χ0) is 16.9. The highest BCUT2D eigenvalue weighted by atomic mass is 32.1. The monoisotopic (exact) mass is 335 g/mol. The summed E-state index contributed by atoms with van der Waals surface area (Å²) in [5.74, 6) is -0.383. The van der Waals surface area contributed by atoms with E-state index < -0.39 is 0 Å². The molecule has 0 aliphatic carbocycles. The van der Waals surface area contributed by atoms with Crippen LogP contribution in [0, 0.1) is 11.3 Å². The van der Waals surface area contributed by atoms with Crippen molar-refractivity contribution in [3.8, 4) is 17.3 Å². The van der Waals surface area contributed by atoms with E-state index in [4.69, 9.17) is 10.00 Å². The van der Waals surface area contributed by atoms with Gasteiger partial charge in [0.2, 0.25) is 0 Å². The molecule has 0 amide bonds. The van der Waals surface area contributed by atoms with Crippen molar-refractivity contribution in [3.63, 3.8) is 0 Å². The standard InChI is InChI=1S/C18H13N3O2S/c1-23-17(22)14-6-3-7-15(9-14)20-18-21-16(11-24-18)13-5-2-4-12(8-13)10-19/h2-9,11H,1H3,(H,20,21). The third kappa shape index (κ3) is 3.42. The van der Waals surface area contributed by atoms with Crippen molar-refractivity contribution in [2.45, 2.75) is 0 Å². The zero-order valence-electron chi connectivity index (χ0n) is 12.8. The summed E-state index contributed by atoms with van der Waals surface area (Å²) < 4.78 is 4.72. The lowest BCUT2D eigenvalue weighted by molar-refractivity contribution is 0.0601. The van der Waals surface area contributed by atoms with Crippen molar-refractivity contribution >= 4 is 28.1 Å². The molecule has 0 atom stereocenters. The van der Waals surface area contributed by atoms with E-state index in [9.17, 15) is 4.79 Å². The van der Waals surface area contributed by atoms with Crippen molar-refractivity contribution in [1.29, 1.82) is 5.26 Å². The molecule has 1 heterocycles. The summed E-state index contributed by atoms with van der Waals surface area (Å²) >= 11 is 1.45. The molecule has 0 unspecified atom stereocenters. The molecule has 6 heteroatoms. The van der Waals surface area contributed by atoms with Gasteiger partial charge in [-0.25, -0.2) is 9.78 Å². The maximum Gasteiger partial charge on any atom is 0.337 e. The fourth-order valence-electron chi connectivity index (χ4n) is 2.18. The Kier molecular flexibility index (Phi) is 4.54. The largest absolute Gasteiger partial charge is 0.465 e. The van der Waals surface area contributed by atoms with E-state index >= 15 is 0 Å². The maximum absolute atomic E-state index is 11.6. The molecule has 0 bridgehead atoms. The SMILES string of the molecule is COC(=O)c1cccc(Nc2nc(-c3cccc(C#N)c3)cs2)c1. The number of nitrogens with zero attached hydrogens (tertiary/aromatic N) is 2. The number of methoxy groups -OCH3 is 1. The normalized spacial score (nSPS) is 10.0. The summed E-state index contributed by atoms with van der Waals surface area (Å²) in [6.07, 6.45) is 0. The Hall–Kier alpha value is -3.17. The number of anilines is 2. The van der Waals surface area contributed by atoms with E-state index in [1.54, 1.807) is 30.3 Å². The third-order valence-corrected chi connectivity index (χ3v) is 4.08. The van der Waals surface area contributed by atoms with Crippen LogP contribution in [0.4, 0.5) is 10.8 Å². The fourth-order valence-corrected chi connectivity index (χ4v) is 2.92. The highest BCUT2D eigenvalue weighted by Gasteiger charge is 2.08. The molecule has 0 aliphatic rings. The number of carbonyl (C=O) groups is 1. The quantitative estimate of drug-likeness (QED) is 0.723. The molecule has 2 aromatic carbocycles. The van der Waals surface area contributed by atoms with Crippen molar-refractivity contribution in [2.24, 2.45) is 0 Å². The first kappa shape index (κ1) is 15.7. The second-order valence-corrected chi connectivity index (χ2v) is 5.79. The molecule has 0 fully saturated rings. The van der Waals surface area contributed by atoms with E-state index in [-0.39, 0.29) is 5.97 Å². The summed E-state index contributed by atoms with van der Waals surface area (Å²) in [6, 6.07) is 16.5. The highest BCUT2D eigenvalue weighted by molar-refractivity contribution is 7.14. The van der Waals surface area contributed by atoms with Gasteiger partial charge in [-0.05, 0) is 30.3 Å². The van der Waals surface area contributed by atoms with Gasteiger partial charge in [0, 0.05) is 16.6 Å². The summed E-state index contributed by atoms with van der Waals surface area (Å²) in [5.41, 5.74) is 3.51. The number of hydrogen-bond acceptors (Lipinski definition) is 6. The van der Waals surface area contributed by atoms with Gasteiger partial charge in [-0.3, -0.25) is 0 Å². The van der Waals surface area contributed by atoms with Crippen molar-refractivity contribution in [3.05, 3.63) is 65.0 Å². The molecule has 24 heavy (non-hydrogen) atoms. The number of benzene rings is 2. The van der Waals surface area contributed by atoms with Gasteiger partial charge in [-0.1, -0.05) is 18.2 Å². The van der Waals surface area contributed by atoms with Crippen LogP contribution in [0.5, 0.6) is 0 Å². The average Bonchev–Trinajstić information content (AvgIpc) is 3.10. The molecular formula is C18H13N3O2S. The first-order chi connectivity index (χ1) is 11.7. The molecule has 3 aromatic rings. The summed E-state index contributed by atoms with van der Waals surface area (Å²) in [5, 5.41) is 14.8. The molecule has 0 aliphatic heterocycles. The third-order valence-electron chi connectivity index (χ3n) is 3.33. The summed E-state index contributed by atoms with van der Waals surface area (Å²) in [4.78, 5) is 16.1. The molecular weight excluding hydrogens is 322 g/mol. The van der Waals surface area contributed by atoms with Crippen LogP contribution in [0.2, 0.25) is 0 Å². The molecule has 0 saturated carbocycles. The predicted molar refractivity (Wildman–Crippen MR) is 93.3 cm³/mol. The lowest BCUT2D eigenvalue weighted by atomic mass is 10.1. The summed E-state index contributed by atoms with van der Waals surface area (Å²) in [6.45, 7) is 0. The molecule has 1 N–H and O–H groups in total. The van der Waals surface area contributed by atoms with Crippen LogP contribution in [-0.4, -0.2) is 18.1 Å². The number of aromatic nitrogens is 1. The Bertz CT molecular complexity index is 928. The Morgan fingerprint density at radius 2 is 2.08 bits per heavy atom. The van der Waals surface area contributed by atoms with Gasteiger partial charge in [-0.2, -0.15) is 5.26 Å². The molecule has 0 spiro atoms. The summed E-state index contributed by atoms with van der Waals surface area (Å²) in [7, 11) is 1.35. The maximum atomic E-state index is 11.6. The molecule has 0 saturated heterocycles. The number of hydrogen-bond donors (Lipinski definition) is 1. The van der Waals surface area contributed by atoms with E-state index in [0.29, 0.717) is 16.3 Å². The van der Waals surface area contributed by atoms with E-state index in [1.165, 1.54) is 18.4 Å². The Morgan fingerprint density at radius 1 is 1.25 bits per heavy atom. The first-order valence-corrected chi connectivity index (χ1v) is 7.99. The Morgan fingerprint density at radius 3 is 2.88 bits per heavy atom. The highest BCUT2D eigenvalue weighted by Crippen LogP contribution is 2.27. The van der Waals surface area contributed by atoms with Gasteiger partial charge in [0.1, 0.15) is 0 Å². The van der Waals surface area contributed by atoms with Gasteiger partial charge in [0.25, 0.3) is 0 Å². The minimum absolute atomic E-state index is 0.383. The minimum Gasteiger partial charge on any atom is -0.465 e. The first-order valence-electron chi connectivity index (χ1n) is 7.11. The van der Waals surface area contributed by atoms with E-state index in [0.717, 1.165) is 16.9 Å². The van der Waals surface area contributed by atoms with Crippen LogP contribution in [0.25, 0.3) is 11.3 Å². The number of ether oxygens (including phenoxy) is 1. The smallest absolute Gasteiger partial charge is 0.337 e. The number of carbonyl (C=O) groups excluding carboxylic acids is 1. The van der Waals surface area contributed by atoms with Crippen LogP contribution >= 0.6 is 11.3 Å². The number of nitrogens with one attached hydrogen (secondary N) is 1. The van der Waals surface area contributed by atoms with Gasteiger partial charge in [0.05, 0.1) is 30.0 Å². The van der Waals surface area contributed by atoms with Gasteiger partial charge in [0.15, 0.2) is 5.13 Å². The fraction of sp³-hybridized carbons (Fsp3) is 0.0556. The molecule has 118 valence electrons. The lowest BCUT2D eigenvalue weighted by Gasteiger charge is -2.04. The molecule has 5 nitrogen and oxygen atoms in total. The minimum atomic E-state index is -0.383. The molecule has 3 rings (SSSR count). The van der Waals surface area contributed by atoms with Crippen molar-refractivity contribution in [2.75, 3.05) is 12.4 Å². The van der Waals surface area contributed by atoms with Gasteiger partial charge >= 0.3 is 5.97 Å². The van der Waals surface area contributed by atoms with Gasteiger partial charge in [-0.15, -0.1) is 11.3 Å². The topological polar surface area (TPSA) is 75.0 Å². The number of thiazole rings is 1. The van der Waals surface area contributed by atoms with E-state index in [1.807, 2.05) is 23.6 Å². The Labute approximate surface area is 143 Å². The van der Waals surface area contributed by atoms with Crippen molar-refractivity contribution < 1.29 is 9.53 Å². The van der Waals surface area contributed by atoms with Crippen LogP contribution in [-0.2, 0) is 4.74 Å². The van der Waals surface area contributed by atoms with Crippen LogP contribution in [0.3, 0.4) is 0 Å². The molecule has 0 radical (unpaired) electrons. The van der Waals surface area contributed by atoms with E-state index in [2.05, 4.69) is 16.4 Å². The number of rotatable bonds is 4. The van der Waals surface area contributed by atoms with Crippen molar-refractivity contribution in [1.82, 2.24) is 4.98 Å². The second-order valence-electron chi connectivity index (χ2n) is 4.93. The van der Waals surface area contributed by atoms with Crippen LogP contribution in [0.1, 0.15) is 15.9 Å². The predicted octanol–water partition coefficient (Wildman–Crippen LogP) is 4.21. The number of nitriles is 1. The lowest BCUT2D eigenvalue weighted by Crippen LogP contribution is -2.01. The zero-order valence-corrected chi connectivity index (χ0v) is 13.6.